The molecule has 5 rings (SSSR count). The number of amides is 1. The fourth-order valence-electron chi connectivity index (χ4n) is 4.34. The molecule has 1 aromatic heterocycles. The summed E-state index contributed by atoms with van der Waals surface area (Å²) in [6, 6.07) is 3.05. The summed E-state index contributed by atoms with van der Waals surface area (Å²) in [5, 5.41) is 2.71. The van der Waals surface area contributed by atoms with E-state index < -0.39 is 17.7 Å². The summed E-state index contributed by atoms with van der Waals surface area (Å²) in [6.07, 6.45) is 2.13. The highest BCUT2D eigenvalue weighted by molar-refractivity contribution is 6.33. The van der Waals surface area contributed by atoms with E-state index in [1.807, 2.05) is 6.92 Å². The predicted octanol–water partition coefficient (Wildman–Crippen LogP) is 4.47. The number of aryl methyl sites for hydroxylation is 1. The van der Waals surface area contributed by atoms with Gasteiger partial charge in [0.1, 0.15) is 18.0 Å². The van der Waals surface area contributed by atoms with Gasteiger partial charge < -0.3 is 24.4 Å². The quantitative estimate of drug-likeness (QED) is 0.656. The third-order valence-electron chi connectivity index (χ3n) is 6.58. The van der Waals surface area contributed by atoms with Crippen LogP contribution >= 0.6 is 11.6 Å². The Morgan fingerprint density at radius 2 is 1.91 bits per heavy atom. The van der Waals surface area contributed by atoms with Crippen LogP contribution < -0.4 is 10.1 Å². The monoisotopic (exact) mass is 494 g/mol. The summed E-state index contributed by atoms with van der Waals surface area (Å²) in [6.45, 7) is 4.98. The van der Waals surface area contributed by atoms with Crippen molar-refractivity contribution in [1.29, 1.82) is 0 Å². The number of hydrogen-bond donors (Lipinski definition) is 1. The summed E-state index contributed by atoms with van der Waals surface area (Å²) in [5.74, 6) is -2.33. The zero-order valence-electron chi connectivity index (χ0n) is 18.8. The van der Waals surface area contributed by atoms with Crippen LogP contribution in [0.15, 0.2) is 18.5 Å². The molecule has 0 spiro atoms. The molecule has 3 heterocycles. The number of piperidine rings is 1. The van der Waals surface area contributed by atoms with E-state index in [-0.39, 0.29) is 45.9 Å². The third-order valence-corrected chi connectivity index (χ3v) is 6.90. The van der Waals surface area contributed by atoms with Crippen molar-refractivity contribution >= 4 is 29.2 Å². The molecule has 2 atom stereocenters. The highest BCUT2D eigenvalue weighted by Gasteiger charge is 2.47. The lowest BCUT2D eigenvalue weighted by Crippen LogP contribution is -2.59. The maximum Gasteiger partial charge on any atom is 0.410 e. The Labute approximate surface area is 200 Å². The maximum atomic E-state index is 15.3. The SMILES string of the molecule is Cc1ccc(Cl)c(Nc2ncnc(OC3C4COCC3CN(C(=O)OC3(C)CC3)C4)c2F)c1F. The topological polar surface area (TPSA) is 85.8 Å². The van der Waals surface area contributed by atoms with Gasteiger partial charge in [-0.25, -0.2) is 14.2 Å². The summed E-state index contributed by atoms with van der Waals surface area (Å²) in [7, 11) is 0. The molecule has 3 fully saturated rings. The van der Waals surface area contributed by atoms with Crippen LogP contribution in [0.25, 0.3) is 0 Å². The predicted molar refractivity (Wildman–Crippen MR) is 119 cm³/mol. The van der Waals surface area contributed by atoms with Crippen molar-refractivity contribution in [3.05, 3.63) is 40.7 Å². The smallest absolute Gasteiger partial charge is 0.410 e. The number of anilines is 2. The summed E-state index contributed by atoms with van der Waals surface area (Å²) >= 11 is 6.09. The van der Waals surface area contributed by atoms with Crippen LogP contribution in [0.2, 0.25) is 5.02 Å². The average molecular weight is 495 g/mol. The fraction of sp³-hybridized carbons (Fsp3) is 0.522. The second kappa shape index (κ2) is 8.81. The normalized spacial score (nSPS) is 25.0. The lowest BCUT2D eigenvalue weighted by molar-refractivity contribution is -0.112. The standard InChI is InChI=1S/C23H25ClF2N4O4/c1-12-3-4-15(24)18(16(12)25)29-20-17(26)21(28-11-27-20)33-19-13-7-30(8-14(19)10-32-9-13)22(31)34-23(2)5-6-23/h3-4,11,13-14,19H,5-10H2,1-2H3,(H,27,28,29). The van der Waals surface area contributed by atoms with Crippen LogP contribution in [0, 0.1) is 30.4 Å². The number of benzene rings is 1. The van der Waals surface area contributed by atoms with Crippen molar-refractivity contribution in [1.82, 2.24) is 14.9 Å². The number of carbonyl (C=O) groups excluding carboxylic acids is 1. The van der Waals surface area contributed by atoms with Crippen LogP contribution in [-0.4, -0.2) is 59.0 Å². The molecule has 2 aromatic rings. The van der Waals surface area contributed by atoms with E-state index in [1.54, 1.807) is 11.8 Å². The van der Waals surface area contributed by atoms with E-state index in [0.717, 1.165) is 19.2 Å². The minimum atomic E-state index is -0.859. The molecule has 1 N–H and O–H groups in total. The minimum absolute atomic E-state index is 0.0772. The molecule has 2 saturated heterocycles. The zero-order valence-corrected chi connectivity index (χ0v) is 19.6. The number of halogens is 3. The summed E-state index contributed by atoms with van der Waals surface area (Å²) in [4.78, 5) is 22.1. The summed E-state index contributed by atoms with van der Waals surface area (Å²) < 4.78 is 47.0. The maximum absolute atomic E-state index is 15.3. The van der Waals surface area contributed by atoms with E-state index in [0.29, 0.717) is 31.9 Å². The molecule has 2 bridgehead atoms. The number of fused-ring (bicyclic) bond motifs is 2. The number of nitrogens with zero attached hydrogens (tertiary/aromatic N) is 3. The summed E-state index contributed by atoms with van der Waals surface area (Å²) in [5.41, 5.74) is -0.0817. The lowest BCUT2D eigenvalue weighted by atomic mass is 9.84. The first-order chi connectivity index (χ1) is 16.2. The Morgan fingerprint density at radius 3 is 2.59 bits per heavy atom. The van der Waals surface area contributed by atoms with Gasteiger partial charge >= 0.3 is 6.09 Å². The van der Waals surface area contributed by atoms with Crippen molar-refractivity contribution in [2.24, 2.45) is 11.8 Å². The Balaban J connectivity index is 1.32. The number of ether oxygens (including phenoxy) is 3. The van der Waals surface area contributed by atoms with Gasteiger partial charge in [0.25, 0.3) is 5.88 Å². The first-order valence-electron chi connectivity index (χ1n) is 11.2. The number of carbonyl (C=O) groups is 1. The average Bonchev–Trinajstić information content (AvgIpc) is 3.52. The van der Waals surface area contributed by atoms with Crippen molar-refractivity contribution < 1.29 is 27.8 Å². The van der Waals surface area contributed by atoms with Gasteiger partial charge in [-0.1, -0.05) is 17.7 Å². The molecule has 2 aliphatic heterocycles. The molecular weight excluding hydrogens is 470 g/mol. The van der Waals surface area contributed by atoms with E-state index in [2.05, 4.69) is 15.3 Å². The number of hydrogen-bond acceptors (Lipinski definition) is 7. The molecule has 1 aliphatic carbocycles. The van der Waals surface area contributed by atoms with Crippen molar-refractivity contribution in [2.45, 2.75) is 38.4 Å². The molecule has 11 heteroatoms. The Hall–Kier alpha value is -2.72. The molecule has 8 nitrogen and oxygen atoms in total. The van der Waals surface area contributed by atoms with Crippen molar-refractivity contribution in [2.75, 3.05) is 31.6 Å². The van der Waals surface area contributed by atoms with Crippen LogP contribution in [-0.2, 0) is 9.47 Å². The van der Waals surface area contributed by atoms with Gasteiger partial charge in [0.05, 0.1) is 23.9 Å². The Bertz CT molecular complexity index is 1100. The number of likely N-dealkylation sites (tertiary alicyclic amines) is 1. The molecule has 1 saturated carbocycles. The third kappa shape index (κ3) is 4.48. The molecule has 1 amide bonds. The van der Waals surface area contributed by atoms with Gasteiger partial charge in [-0.15, -0.1) is 0 Å². The molecule has 0 radical (unpaired) electrons. The van der Waals surface area contributed by atoms with Gasteiger partial charge in [0.2, 0.25) is 5.82 Å². The van der Waals surface area contributed by atoms with E-state index in [9.17, 15) is 9.18 Å². The highest BCUT2D eigenvalue weighted by atomic mass is 35.5. The molecule has 34 heavy (non-hydrogen) atoms. The second-order valence-corrected chi connectivity index (χ2v) is 9.79. The van der Waals surface area contributed by atoms with Gasteiger partial charge in [-0.2, -0.15) is 9.37 Å². The Morgan fingerprint density at radius 1 is 1.21 bits per heavy atom. The second-order valence-electron chi connectivity index (χ2n) is 9.38. The largest absolute Gasteiger partial charge is 0.471 e. The number of rotatable bonds is 5. The number of aromatic nitrogens is 2. The minimum Gasteiger partial charge on any atom is -0.471 e. The first-order valence-corrected chi connectivity index (χ1v) is 11.6. The van der Waals surface area contributed by atoms with E-state index >= 15 is 4.39 Å². The molecule has 2 unspecified atom stereocenters. The molecule has 1 aromatic carbocycles. The molecular formula is C23H25ClF2N4O4. The first kappa shape index (κ1) is 23.0. The van der Waals surface area contributed by atoms with Crippen LogP contribution in [0.5, 0.6) is 5.88 Å². The number of nitrogens with one attached hydrogen (secondary N) is 1. The van der Waals surface area contributed by atoms with Crippen molar-refractivity contribution in [3.8, 4) is 5.88 Å². The van der Waals surface area contributed by atoms with E-state index in [1.165, 1.54) is 12.1 Å². The Kier molecular flexibility index (Phi) is 5.97. The van der Waals surface area contributed by atoms with Crippen LogP contribution in [0.4, 0.5) is 25.1 Å². The van der Waals surface area contributed by atoms with Crippen molar-refractivity contribution in [3.63, 3.8) is 0 Å². The molecule has 182 valence electrons. The fourth-order valence-corrected chi connectivity index (χ4v) is 4.53. The van der Waals surface area contributed by atoms with Gasteiger partial charge in [-0.3, -0.25) is 0 Å². The molecule has 3 aliphatic rings. The highest BCUT2D eigenvalue weighted by Crippen LogP contribution is 2.40. The van der Waals surface area contributed by atoms with Gasteiger partial charge in [-0.05, 0) is 38.3 Å². The lowest BCUT2D eigenvalue weighted by Gasteiger charge is -2.46. The van der Waals surface area contributed by atoms with Crippen LogP contribution in [0.1, 0.15) is 25.3 Å². The van der Waals surface area contributed by atoms with E-state index in [4.69, 9.17) is 25.8 Å². The van der Waals surface area contributed by atoms with Gasteiger partial charge in [0.15, 0.2) is 11.6 Å². The van der Waals surface area contributed by atoms with Gasteiger partial charge in [0, 0.05) is 24.9 Å². The zero-order chi connectivity index (χ0) is 24.0. The van der Waals surface area contributed by atoms with Crippen LogP contribution in [0.3, 0.4) is 0 Å².